The summed E-state index contributed by atoms with van der Waals surface area (Å²) in [4.78, 5) is 20.1. The number of anilines is 1. The minimum Gasteiger partial charge on any atom is -0.493 e. The molecule has 0 fully saturated rings. The first-order valence-corrected chi connectivity index (χ1v) is 8.75. The Kier molecular flexibility index (Phi) is 4.68. The molecule has 0 radical (unpaired) electrons. The number of nitrogens with one attached hydrogen (secondary N) is 2. The van der Waals surface area contributed by atoms with E-state index < -0.39 is 0 Å². The smallest absolute Gasteiger partial charge is 0.255 e. The van der Waals surface area contributed by atoms with E-state index >= 15 is 0 Å². The fourth-order valence-electron chi connectivity index (χ4n) is 3.06. The largest absolute Gasteiger partial charge is 0.493 e. The van der Waals surface area contributed by atoms with Crippen molar-refractivity contribution in [2.75, 3.05) is 19.5 Å². The SMILES string of the molecule is COc1ccc(-c2cnc3[nH]cc(NC(=O)c4ccccc4)c3c2)cc1OC. The van der Waals surface area contributed by atoms with Crippen LogP contribution in [0.25, 0.3) is 22.2 Å². The molecule has 0 saturated carbocycles. The summed E-state index contributed by atoms with van der Waals surface area (Å²) in [5.41, 5.74) is 3.82. The maximum atomic E-state index is 12.5. The topological polar surface area (TPSA) is 76.2 Å². The van der Waals surface area contributed by atoms with Crippen molar-refractivity contribution < 1.29 is 14.3 Å². The molecule has 2 aromatic heterocycles. The fraction of sp³-hybridized carbons (Fsp3) is 0.0909. The molecule has 2 N–H and O–H groups in total. The van der Waals surface area contributed by atoms with E-state index in [1.54, 1.807) is 38.7 Å². The van der Waals surface area contributed by atoms with Gasteiger partial charge in [-0.1, -0.05) is 24.3 Å². The number of hydrogen-bond acceptors (Lipinski definition) is 4. The Morgan fingerprint density at radius 3 is 2.50 bits per heavy atom. The molecule has 1 amide bonds. The van der Waals surface area contributed by atoms with Gasteiger partial charge in [0.15, 0.2) is 11.5 Å². The van der Waals surface area contributed by atoms with Gasteiger partial charge in [-0.05, 0) is 35.9 Å². The minimum absolute atomic E-state index is 0.169. The number of ether oxygens (including phenoxy) is 2. The fourth-order valence-corrected chi connectivity index (χ4v) is 3.06. The average molecular weight is 373 g/mol. The summed E-state index contributed by atoms with van der Waals surface area (Å²) < 4.78 is 10.7. The van der Waals surface area contributed by atoms with Crippen molar-refractivity contribution in [3.05, 3.63) is 72.6 Å². The van der Waals surface area contributed by atoms with E-state index in [1.807, 2.05) is 42.5 Å². The Morgan fingerprint density at radius 2 is 1.75 bits per heavy atom. The maximum absolute atomic E-state index is 12.5. The van der Waals surface area contributed by atoms with Crippen molar-refractivity contribution >= 4 is 22.6 Å². The van der Waals surface area contributed by atoms with Crippen LogP contribution < -0.4 is 14.8 Å². The second-order valence-corrected chi connectivity index (χ2v) is 6.21. The first-order chi connectivity index (χ1) is 13.7. The van der Waals surface area contributed by atoms with Crippen molar-refractivity contribution in [2.24, 2.45) is 0 Å². The molecule has 28 heavy (non-hydrogen) atoms. The molecule has 0 spiro atoms. The summed E-state index contributed by atoms with van der Waals surface area (Å²) in [7, 11) is 3.21. The van der Waals surface area contributed by atoms with Crippen LogP contribution in [0.5, 0.6) is 11.5 Å². The highest BCUT2D eigenvalue weighted by molar-refractivity contribution is 6.08. The highest BCUT2D eigenvalue weighted by atomic mass is 16.5. The number of pyridine rings is 1. The lowest BCUT2D eigenvalue weighted by atomic mass is 10.1. The van der Waals surface area contributed by atoms with Gasteiger partial charge in [0.25, 0.3) is 5.91 Å². The van der Waals surface area contributed by atoms with Crippen LogP contribution in [-0.2, 0) is 0 Å². The molecule has 0 aliphatic rings. The predicted molar refractivity (Wildman–Crippen MR) is 109 cm³/mol. The molecule has 6 heteroatoms. The molecule has 0 unspecified atom stereocenters. The number of amides is 1. The number of nitrogens with zero attached hydrogens (tertiary/aromatic N) is 1. The third kappa shape index (κ3) is 3.27. The Balaban J connectivity index is 1.69. The van der Waals surface area contributed by atoms with Crippen LogP contribution in [0, 0.1) is 0 Å². The van der Waals surface area contributed by atoms with Crippen LogP contribution in [0.4, 0.5) is 5.69 Å². The Hall–Kier alpha value is -3.80. The molecule has 2 heterocycles. The van der Waals surface area contributed by atoms with Crippen molar-refractivity contribution in [1.29, 1.82) is 0 Å². The molecule has 140 valence electrons. The Labute approximate surface area is 162 Å². The van der Waals surface area contributed by atoms with Crippen molar-refractivity contribution in [2.45, 2.75) is 0 Å². The first kappa shape index (κ1) is 17.6. The van der Waals surface area contributed by atoms with Gasteiger partial charge in [0, 0.05) is 28.9 Å². The summed E-state index contributed by atoms with van der Waals surface area (Å²) in [6.45, 7) is 0. The van der Waals surface area contributed by atoms with Crippen molar-refractivity contribution in [3.63, 3.8) is 0 Å². The maximum Gasteiger partial charge on any atom is 0.255 e. The van der Waals surface area contributed by atoms with Gasteiger partial charge in [-0.3, -0.25) is 4.79 Å². The molecule has 0 bridgehead atoms. The second kappa shape index (κ2) is 7.44. The minimum atomic E-state index is -0.169. The number of rotatable bonds is 5. The molecular formula is C22H19N3O3. The number of carbonyl (C=O) groups excluding carboxylic acids is 1. The second-order valence-electron chi connectivity index (χ2n) is 6.21. The quantitative estimate of drug-likeness (QED) is 0.540. The van der Waals surface area contributed by atoms with Crippen LogP contribution in [0.2, 0.25) is 0 Å². The zero-order valence-electron chi connectivity index (χ0n) is 15.5. The summed E-state index contributed by atoms with van der Waals surface area (Å²) in [5.74, 6) is 1.14. The first-order valence-electron chi connectivity index (χ1n) is 8.75. The van der Waals surface area contributed by atoms with E-state index in [-0.39, 0.29) is 5.91 Å². The zero-order chi connectivity index (χ0) is 19.5. The van der Waals surface area contributed by atoms with E-state index in [2.05, 4.69) is 15.3 Å². The van der Waals surface area contributed by atoms with Gasteiger partial charge in [0.05, 0.1) is 19.9 Å². The van der Waals surface area contributed by atoms with Crippen molar-refractivity contribution in [1.82, 2.24) is 9.97 Å². The van der Waals surface area contributed by atoms with Crippen LogP contribution >= 0.6 is 0 Å². The van der Waals surface area contributed by atoms with Crippen LogP contribution in [0.1, 0.15) is 10.4 Å². The van der Waals surface area contributed by atoms with Crippen LogP contribution in [0.3, 0.4) is 0 Å². The van der Waals surface area contributed by atoms with E-state index in [4.69, 9.17) is 9.47 Å². The Bertz CT molecular complexity index is 1140. The molecule has 4 aromatic rings. The Morgan fingerprint density at radius 1 is 0.964 bits per heavy atom. The number of fused-ring (bicyclic) bond motifs is 1. The molecule has 0 aliphatic carbocycles. The van der Waals surface area contributed by atoms with Crippen LogP contribution in [-0.4, -0.2) is 30.1 Å². The number of aromatic amines is 1. The highest BCUT2D eigenvalue weighted by Crippen LogP contribution is 2.34. The summed E-state index contributed by atoms with van der Waals surface area (Å²) in [6, 6.07) is 16.8. The highest BCUT2D eigenvalue weighted by Gasteiger charge is 2.12. The van der Waals surface area contributed by atoms with Crippen LogP contribution in [0.15, 0.2) is 67.0 Å². The number of H-pyrrole nitrogens is 1. The summed E-state index contributed by atoms with van der Waals surface area (Å²) in [6.07, 6.45) is 3.53. The van der Waals surface area contributed by atoms with Gasteiger partial charge in [-0.25, -0.2) is 4.98 Å². The number of methoxy groups -OCH3 is 2. The summed E-state index contributed by atoms with van der Waals surface area (Å²) >= 11 is 0. The lowest BCUT2D eigenvalue weighted by Crippen LogP contribution is -2.11. The van der Waals surface area contributed by atoms with Gasteiger partial charge in [0.1, 0.15) is 5.65 Å². The molecule has 2 aromatic carbocycles. The number of carbonyl (C=O) groups is 1. The zero-order valence-corrected chi connectivity index (χ0v) is 15.5. The van der Waals surface area contributed by atoms with Gasteiger partial charge < -0.3 is 19.8 Å². The van der Waals surface area contributed by atoms with Crippen molar-refractivity contribution in [3.8, 4) is 22.6 Å². The van der Waals surface area contributed by atoms with Gasteiger partial charge in [0.2, 0.25) is 0 Å². The molecule has 0 aliphatic heterocycles. The van der Waals surface area contributed by atoms with E-state index in [0.29, 0.717) is 28.4 Å². The van der Waals surface area contributed by atoms with E-state index in [0.717, 1.165) is 16.5 Å². The molecule has 0 atom stereocenters. The number of aromatic nitrogens is 2. The molecular weight excluding hydrogens is 354 g/mol. The standard InChI is InChI=1S/C22H19N3O3/c1-27-19-9-8-15(11-20(19)28-2)16-10-17-18(13-24-21(17)23-12-16)25-22(26)14-6-4-3-5-7-14/h3-13H,1-2H3,(H,23,24)(H,25,26). The molecule has 0 saturated heterocycles. The van der Waals surface area contributed by atoms with Gasteiger partial charge >= 0.3 is 0 Å². The average Bonchev–Trinajstić information content (AvgIpc) is 3.15. The predicted octanol–water partition coefficient (Wildman–Crippen LogP) is 4.50. The lowest BCUT2D eigenvalue weighted by molar-refractivity contribution is 0.102. The molecule has 6 nitrogen and oxygen atoms in total. The normalized spacial score (nSPS) is 10.6. The lowest BCUT2D eigenvalue weighted by Gasteiger charge is -2.10. The molecule has 4 rings (SSSR count). The third-order valence-electron chi connectivity index (χ3n) is 4.53. The van der Waals surface area contributed by atoms with Gasteiger partial charge in [-0.2, -0.15) is 0 Å². The number of hydrogen-bond donors (Lipinski definition) is 2. The van der Waals surface area contributed by atoms with E-state index in [1.165, 1.54) is 0 Å². The van der Waals surface area contributed by atoms with E-state index in [9.17, 15) is 4.79 Å². The van der Waals surface area contributed by atoms with Gasteiger partial charge in [-0.15, -0.1) is 0 Å². The number of benzene rings is 2. The monoisotopic (exact) mass is 373 g/mol. The summed E-state index contributed by atoms with van der Waals surface area (Å²) in [5, 5.41) is 3.78. The third-order valence-corrected chi connectivity index (χ3v) is 4.53.